The molecule has 0 amide bonds. The fourth-order valence-corrected chi connectivity index (χ4v) is 6.02. The molecule has 1 N–H and O–H groups in total. The lowest BCUT2D eigenvalue weighted by Crippen LogP contribution is -2.00. The first-order valence-corrected chi connectivity index (χ1v) is 13.5. The van der Waals surface area contributed by atoms with Crippen LogP contribution in [0.4, 0.5) is 0 Å². The highest BCUT2D eigenvalue weighted by molar-refractivity contribution is 8.72. The minimum atomic E-state index is -3.83. The monoisotopic (exact) mass is 524 g/mol. The number of halogens is 1. The maximum atomic E-state index is 13.1. The molecule has 0 atom stereocenters. The first-order chi connectivity index (χ1) is 16.8. The summed E-state index contributed by atoms with van der Waals surface area (Å²) in [5, 5.41) is 11.3. The molecule has 0 radical (unpaired) electrons. The molecule has 0 aliphatic heterocycles. The first-order valence-electron chi connectivity index (χ1n) is 10.3. The Kier molecular flexibility index (Phi) is 6.14. The molecular formula is C25H17ClN2O5S2. The largest absolute Gasteiger partial charge is 0.504 e. The van der Waals surface area contributed by atoms with E-state index in [-0.39, 0.29) is 21.6 Å². The molecular weight excluding hydrogens is 508 g/mol. The van der Waals surface area contributed by atoms with Crippen LogP contribution in [-0.4, -0.2) is 30.6 Å². The Morgan fingerprint density at radius 2 is 1.69 bits per heavy atom. The Labute approximate surface area is 209 Å². The summed E-state index contributed by atoms with van der Waals surface area (Å²) in [6.45, 7) is 0. The highest BCUT2D eigenvalue weighted by Crippen LogP contribution is 2.36. The molecule has 0 spiro atoms. The molecule has 3 aromatic carbocycles. The molecule has 0 bridgehead atoms. The topological polar surface area (TPSA) is 103 Å². The van der Waals surface area contributed by atoms with Crippen molar-refractivity contribution >= 4 is 42.2 Å². The number of hydrogen-bond acceptors (Lipinski definition) is 8. The Morgan fingerprint density at radius 1 is 0.943 bits per heavy atom. The van der Waals surface area contributed by atoms with Gasteiger partial charge in [-0.15, -0.1) is 0 Å². The van der Waals surface area contributed by atoms with Gasteiger partial charge in [0.15, 0.2) is 17.3 Å². The van der Waals surface area contributed by atoms with Gasteiger partial charge in [0.05, 0.1) is 28.5 Å². The van der Waals surface area contributed by atoms with Gasteiger partial charge in [0.1, 0.15) is 11.3 Å². The van der Waals surface area contributed by atoms with E-state index in [1.54, 1.807) is 18.2 Å². The van der Waals surface area contributed by atoms with E-state index >= 15 is 0 Å². The van der Waals surface area contributed by atoms with Gasteiger partial charge in [-0.3, -0.25) is 0 Å². The van der Waals surface area contributed by atoms with Crippen LogP contribution in [0, 0.1) is 0 Å². The van der Waals surface area contributed by atoms with Crippen LogP contribution in [0.25, 0.3) is 33.7 Å². The van der Waals surface area contributed by atoms with Gasteiger partial charge in [-0.05, 0) is 60.7 Å². The maximum Gasteiger partial charge on any atom is 0.237 e. The van der Waals surface area contributed by atoms with E-state index in [1.807, 2.05) is 30.3 Å². The molecule has 0 fully saturated rings. The van der Waals surface area contributed by atoms with Gasteiger partial charge < -0.3 is 14.3 Å². The van der Waals surface area contributed by atoms with Crippen molar-refractivity contribution in [2.45, 2.75) is 10.1 Å². The number of furan rings is 1. The van der Waals surface area contributed by atoms with Crippen molar-refractivity contribution in [1.82, 2.24) is 9.97 Å². The third kappa shape index (κ3) is 4.84. The van der Waals surface area contributed by atoms with Gasteiger partial charge in [0.25, 0.3) is 0 Å². The van der Waals surface area contributed by atoms with E-state index in [4.69, 9.17) is 20.8 Å². The number of aromatic nitrogens is 2. The van der Waals surface area contributed by atoms with Gasteiger partial charge in [0, 0.05) is 16.0 Å². The summed E-state index contributed by atoms with van der Waals surface area (Å²) in [6.07, 6.45) is 0. The summed E-state index contributed by atoms with van der Waals surface area (Å²) in [5.74, 6) is 0.698. The fourth-order valence-electron chi connectivity index (χ4n) is 3.43. The van der Waals surface area contributed by atoms with Crippen LogP contribution in [0.1, 0.15) is 0 Å². The van der Waals surface area contributed by atoms with Crippen molar-refractivity contribution in [2.24, 2.45) is 0 Å². The molecule has 5 rings (SSSR count). The molecule has 35 heavy (non-hydrogen) atoms. The predicted molar refractivity (Wildman–Crippen MR) is 135 cm³/mol. The number of rotatable bonds is 6. The number of nitrogens with zero attached hydrogens (tertiary/aromatic N) is 2. The van der Waals surface area contributed by atoms with E-state index in [9.17, 15) is 13.5 Å². The van der Waals surface area contributed by atoms with Crippen LogP contribution in [0.15, 0.2) is 93.3 Å². The average molecular weight is 525 g/mol. The van der Waals surface area contributed by atoms with Gasteiger partial charge in [-0.2, -0.15) is 0 Å². The molecule has 0 aliphatic rings. The van der Waals surface area contributed by atoms with E-state index in [0.29, 0.717) is 44.1 Å². The van der Waals surface area contributed by atoms with E-state index in [2.05, 4.69) is 9.97 Å². The molecule has 10 heteroatoms. The molecule has 0 unspecified atom stereocenters. The van der Waals surface area contributed by atoms with Crippen LogP contribution in [0.5, 0.6) is 11.5 Å². The number of aromatic hydroxyl groups is 1. The normalized spacial score (nSPS) is 11.6. The van der Waals surface area contributed by atoms with Crippen molar-refractivity contribution < 1.29 is 22.7 Å². The number of hydrogen-bond donors (Lipinski definition) is 1. The van der Waals surface area contributed by atoms with Gasteiger partial charge >= 0.3 is 0 Å². The van der Waals surface area contributed by atoms with Crippen LogP contribution >= 0.6 is 22.4 Å². The number of fused-ring (bicyclic) bond motifs is 1. The molecule has 0 saturated carbocycles. The standard InChI is InChI=1S/C25H17ClN2O5S2/c1-32-24-12-15(6-11-21(24)29)19-14-20(23-13-16-4-2-3-5-22(16)33-23)28-25(27-19)34-35(30,31)18-9-7-17(26)8-10-18/h2-14,29H,1H3. The summed E-state index contributed by atoms with van der Waals surface area (Å²) >= 11 is 5.90. The van der Waals surface area contributed by atoms with Crippen molar-refractivity contribution in [3.63, 3.8) is 0 Å². The fraction of sp³-hybridized carbons (Fsp3) is 0.0400. The van der Waals surface area contributed by atoms with Gasteiger partial charge in [-0.1, -0.05) is 29.8 Å². The summed E-state index contributed by atoms with van der Waals surface area (Å²) < 4.78 is 37.3. The van der Waals surface area contributed by atoms with Gasteiger partial charge in [-0.25, -0.2) is 18.4 Å². The third-order valence-electron chi connectivity index (χ3n) is 5.15. The quantitative estimate of drug-likeness (QED) is 0.201. The second-order valence-corrected chi connectivity index (χ2v) is 11.6. The molecule has 2 heterocycles. The van der Waals surface area contributed by atoms with Crippen molar-refractivity contribution in [2.75, 3.05) is 7.11 Å². The summed E-state index contributed by atoms with van der Waals surface area (Å²) in [4.78, 5) is 9.05. The number of para-hydroxylation sites is 1. The van der Waals surface area contributed by atoms with Crippen LogP contribution in [-0.2, 0) is 8.87 Å². The van der Waals surface area contributed by atoms with E-state index < -0.39 is 8.87 Å². The zero-order chi connectivity index (χ0) is 24.6. The zero-order valence-electron chi connectivity index (χ0n) is 18.2. The first kappa shape index (κ1) is 23.2. The molecule has 176 valence electrons. The number of phenolic OH excluding ortho intramolecular Hbond substituents is 1. The Bertz CT molecular complexity index is 1620. The zero-order valence-corrected chi connectivity index (χ0v) is 20.6. The van der Waals surface area contributed by atoms with Crippen molar-refractivity contribution in [1.29, 1.82) is 0 Å². The third-order valence-corrected chi connectivity index (χ3v) is 8.48. The lowest BCUT2D eigenvalue weighted by molar-refractivity contribution is 0.373. The smallest absolute Gasteiger partial charge is 0.237 e. The summed E-state index contributed by atoms with van der Waals surface area (Å²) in [6, 6.07) is 21.7. The Hall–Kier alpha value is -3.53. The average Bonchev–Trinajstić information content (AvgIpc) is 3.29. The van der Waals surface area contributed by atoms with E-state index in [0.717, 1.165) is 5.39 Å². The Morgan fingerprint density at radius 3 is 2.43 bits per heavy atom. The van der Waals surface area contributed by atoms with E-state index in [1.165, 1.54) is 37.4 Å². The summed E-state index contributed by atoms with van der Waals surface area (Å²) in [7, 11) is -1.86. The van der Waals surface area contributed by atoms with Gasteiger partial charge in [0.2, 0.25) is 14.0 Å². The van der Waals surface area contributed by atoms with Crippen LogP contribution in [0.2, 0.25) is 5.02 Å². The second kappa shape index (κ2) is 9.26. The SMILES string of the molecule is COc1cc(-c2cc(-c3cc4ccccc4o3)nc(SS(=O)(=O)c3ccc(Cl)cc3)n2)ccc1O. The lowest BCUT2D eigenvalue weighted by atomic mass is 10.1. The summed E-state index contributed by atoms with van der Waals surface area (Å²) in [5.41, 5.74) is 2.12. The molecule has 0 aliphatic carbocycles. The number of methoxy groups -OCH3 is 1. The highest BCUT2D eigenvalue weighted by atomic mass is 35.5. The molecule has 7 nitrogen and oxygen atoms in total. The maximum absolute atomic E-state index is 13.1. The lowest BCUT2D eigenvalue weighted by Gasteiger charge is -2.09. The van der Waals surface area contributed by atoms with Crippen molar-refractivity contribution in [3.8, 4) is 34.2 Å². The number of phenols is 1. The minimum absolute atomic E-state index is 0.0138. The number of ether oxygens (including phenoxy) is 1. The molecule has 0 saturated heterocycles. The van der Waals surface area contributed by atoms with Crippen molar-refractivity contribution in [3.05, 3.63) is 83.9 Å². The predicted octanol–water partition coefficient (Wildman–Crippen LogP) is 6.41. The van der Waals surface area contributed by atoms with Crippen LogP contribution in [0.3, 0.4) is 0 Å². The molecule has 2 aromatic heterocycles. The highest BCUT2D eigenvalue weighted by Gasteiger charge is 2.21. The second-order valence-electron chi connectivity index (χ2n) is 7.45. The number of benzene rings is 3. The minimum Gasteiger partial charge on any atom is -0.504 e. The molecule has 5 aromatic rings. The van der Waals surface area contributed by atoms with Crippen LogP contribution < -0.4 is 4.74 Å². The Balaban J connectivity index is 1.64.